The van der Waals surface area contributed by atoms with Gasteiger partial charge in [0.25, 0.3) is 0 Å². The Balaban J connectivity index is 1.70. The van der Waals surface area contributed by atoms with E-state index in [1.54, 1.807) is 7.11 Å². The molecule has 6 nitrogen and oxygen atoms in total. The van der Waals surface area contributed by atoms with Crippen molar-refractivity contribution in [3.8, 4) is 0 Å². The lowest BCUT2D eigenvalue weighted by molar-refractivity contribution is -0.137. The second-order valence-electron chi connectivity index (χ2n) is 6.23. The zero-order chi connectivity index (χ0) is 15.4. The van der Waals surface area contributed by atoms with Crippen LogP contribution < -0.4 is 0 Å². The molecule has 0 saturated carbocycles. The highest BCUT2D eigenvalue weighted by atomic mass is 16.5. The number of ether oxygens (including phenoxy) is 2. The highest BCUT2D eigenvalue weighted by Gasteiger charge is 2.29. The van der Waals surface area contributed by atoms with Gasteiger partial charge in [-0.3, -0.25) is 9.48 Å². The van der Waals surface area contributed by atoms with E-state index in [1.165, 1.54) is 0 Å². The van der Waals surface area contributed by atoms with Gasteiger partial charge in [-0.1, -0.05) is 0 Å². The summed E-state index contributed by atoms with van der Waals surface area (Å²) in [5, 5.41) is 4.34. The number of aryl methyl sites for hydroxylation is 1. The molecule has 0 aliphatic carbocycles. The van der Waals surface area contributed by atoms with E-state index in [4.69, 9.17) is 9.47 Å². The minimum absolute atomic E-state index is 0.138. The normalized spacial score (nSPS) is 23.1. The van der Waals surface area contributed by atoms with Gasteiger partial charge in [0.15, 0.2) is 0 Å². The van der Waals surface area contributed by atoms with Gasteiger partial charge in [-0.2, -0.15) is 5.10 Å². The molecule has 1 amide bonds. The first-order chi connectivity index (χ1) is 10.8. The smallest absolute Gasteiger partial charge is 0.223 e. The van der Waals surface area contributed by atoms with Gasteiger partial charge in [0, 0.05) is 39.5 Å². The number of fused-ring (bicyclic) bond motifs is 1. The van der Waals surface area contributed by atoms with Crippen LogP contribution in [0.15, 0.2) is 12.3 Å². The Kier molecular flexibility index (Phi) is 5.10. The minimum Gasteiger partial charge on any atom is -0.383 e. The molecule has 2 aliphatic rings. The van der Waals surface area contributed by atoms with Crippen LogP contribution in [0.5, 0.6) is 0 Å². The van der Waals surface area contributed by atoms with Crippen LogP contribution in [0.1, 0.15) is 31.4 Å². The number of carbonyl (C=O) groups is 1. The number of hydrogen-bond donors (Lipinski definition) is 0. The third-order valence-electron chi connectivity index (χ3n) is 4.74. The number of aromatic nitrogens is 2. The molecule has 0 spiro atoms. The number of hydrogen-bond acceptors (Lipinski definition) is 4. The average molecular weight is 307 g/mol. The van der Waals surface area contributed by atoms with Crippen molar-refractivity contribution in [3.63, 3.8) is 0 Å². The molecule has 1 saturated heterocycles. The van der Waals surface area contributed by atoms with E-state index in [0.29, 0.717) is 25.5 Å². The third-order valence-corrected chi connectivity index (χ3v) is 4.74. The highest BCUT2D eigenvalue weighted by molar-refractivity contribution is 5.76. The molecule has 2 aliphatic heterocycles. The van der Waals surface area contributed by atoms with Crippen LogP contribution in [0.2, 0.25) is 0 Å². The van der Waals surface area contributed by atoms with Crippen LogP contribution in [-0.2, 0) is 27.4 Å². The van der Waals surface area contributed by atoms with Gasteiger partial charge in [-0.05, 0) is 31.2 Å². The van der Waals surface area contributed by atoms with E-state index in [1.807, 2.05) is 21.8 Å². The zero-order valence-electron chi connectivity index (χ0n) is 13.2. The molecule has 0 aromatic carbocycles. The lowest BCUT2D eigenvalue weighted by Gasteiger charge is -2.31. The molecule has 0 N–H and O–H groups in total. The van der Waals surface area contributed by atoms with Crippen molar-refractivity contribution in [1.29, 1.82) is 0 Å². The fraction of sp³-hybridized carbons (Fsp3) is 0.750. The summed E-state index contributed by atoms with van der Waals surface area (Å²) in [4.78, 5) is 14.8. The first-order valence-corrected chi connectivity index (χ1v) is 8.14. The van der Waals surface area contributed by atoms with Crippen LogP contribution in [0, 0.1) is 5.92 Å². The van der Waals surface area contributed by atoms with Crippen LogP contribution in [0.25, 0.3) is 0 Å². The van der Waals surface area contributed by atoms with Crippen molar-refractivity contribution in [1.82, 2.24) is 14.7 Å². The van der Waals surface area contributed by atoms with Gasteiger partial charge < -0.3 is 14.4 Å². The molecule has 1 atom stereocenters. The molecule has 3 rings (SSSR count). The summed E-state index contributed by atoms with van der Waals surface area (Å²) in [6.45, 7) is 3.64. The largest absolute Gasteiger partial charge is 0.383 e. The molecular weight excluding hydrogens is 282 g/mol. The number of nitrogens with zero attached hydrogens (tertiary/aromatic N) is 3. The Morgan fingerprint density at radius 1 is 1.41 bits per heavy atom. The predicted molar refractivity (Wildman–Crippen MR) is 81.2 cm³/mol. The molecule has 3 heterocycles. The maximum absolute atomic E-state index is 12.8. The molecule has 1 aromatic heterocycles. The number of methoxy groups -OCH3 is 1. The maximum Gasteiger partial charge on any atom is 0.223 e. The molecular formula is C16H25N3O3. The summed E-state index contributed by atoms with van der Waals surface area (Å²) in [6, 6.07) is 2.14. The molecule has 1 aromatic rings. The van der Waals surface area contributed by atoms with Gasteiger partial charge >= 0.3 is 0 Å². The van der Waals surface area contributed by atoms with Crippen molar-refractivity contribution < 1.29 is 14.3 Å². The van der Waals surface area contributed by atoms with Gasteiger partial charge in [-0.15, -0.1) is 0 Å². The first kappa shape index (κ1) is 15.5. The predicted octanol–water partition coefficient (Wildman–Crippen LogP) is 1.45. The van der Waals surface area contributed by atoms with Gasteiger partial charge in [-0.25, -0.2) is 0 Å². The van der Waals surface area contributed by atoms with E-state index in [9.17, 15) is 4.79 Å². The molecule has 6 heteroatoms. The van der Waals surface area contributed by atoms with E-state index < -0.39 is 0 Å². The second-order valence-corrected chi connectivity index (χ2v) is 6.23. The molecule has 122 valence electrons. The van der Waals surface area contributed by atoms with Crippen molar-refractivity contribution >= 4 is 5.91 Å². The molecule has 0 unspecified atom stereocenters. The van der Waals surface area contributed by atoms with Crippen LogP contribution in [-0.4, -0.2) is 53.6 Å². The fourth-order valence-corrected chi connectivity index (χ4v) is 3.40. The maximum atomic E-state index is 12.8. The molecule has 1 fully saturated rings. The van der Waals surface area contributed by atoms with E-state index in [2.05, 4.69) is 5.10 Å². The lowest BCUT2D eigenvalue weighted by Crippen LogP contribution is -2.42. The Bertz CT molecular complexity index is 497. The van der Waals surface area contributed by atoms with E-state index >= 15 is 0 Å². The summed E-state index contributed by atoms with van der Waals surface area (Å²) in [5.41, 5.74) is 1.11. The number of rotatable bonds is 4. The molecule has 0 bridgehead atoms. The molecule has 22 heavy (non-hydrogen) atoms. The van der Waals surface area contributed by atoms with Crippen molar-refractivity contribution in [2.75, 3.05) is 26.9 Å². The van der Waals surface area contributed by atoms with Crippen LogP contribution in [0.3, 0.4) is 0 Å². The van der Waals surface area contributed by atoms with Gasteiger partial charge in [0.05, 0.1) is 24.9 Å². The summed E-state index contributed by atoms with van der Waals surface area (Å²) in [6.07, 6.45) is 5.31. The zero-order valence-corrected chi connectivity index (χ0v) is 13.2. The summed E-state index contributed by atoms with van der Waals surface area (Å²) in [5.74, 6) is 0.696. The average Bonchev–Trinajstić information content (AvgIpc) is 2.90. The number of amides is 1. The summed E-state index contributed by atoms with van der Waals surface area (Å²) in [7, 11) is 1.70. The Morgan fingerprint density at radius 2 is 2.23 bits per heavy atom. The Hall–Kier alpha value is -1.40. The van der Waals surface area contributed by atoms with Crippen molar-refractivity contribution in [2.24, 2.45) is 5.92 Å². The standard InChI is InChI=1S/C16H25N3O3/c1-21-12-15-3-7-19-14(2-6-17-19)11-18(15)16(20)10-13-4-8-22-9-5-13/h2,6,13,15H,3-5,7-12H2,1H3/t15-/m0/s1. The minimum atomic E-state index is 0.138. The Labute approximate surface area is 131 Å². The summed E-state index contributed by atoms with van der Waals surface area (Å²) >= 11 is 0. The second kappa shape index (κ2) is 7.24. The van der Waals surface area contributed by atoms with E-state index in [-0.39, 0.29) is 11.9 Å². The van der Waals surface area contributed by atoms with E-state index in [0.717, 1.165) is 44.7 Å². The topological polar surface area (TPSA) is 56.6 Å². The van der Waals surface area contributed by atoms with Gasteiger partial charge in [0.1, 0.15) is 0 Å². The monoisotopic (exact) mass is 307 g/mol. The van der Waals surface area contributed by atoms with Crippen molar-refractivity contribution in [3.05, 3.63) is 18.0 Å². The highest BCUT2D eigenvalue weighted by Crippen LogP contribution is 2.23. The third kappa shape index (κ3) is 3.50. The van der Waals surface area contributed by atoms with Crippen LogP contribution in [0.4, 0.5) is 0 Å². The van der Waals surface area contributed by atoms with Crippen molar-refractivity contribution in [2.45, 2.75) is 44.8 Å². The lowest BCUT2D eigenvalue weighted by atomic mass is 9.95. The quantitative estimate of drug-likeness (QED) is 0.845. The fourth-order valence-electron chi connectivity index (χ4n) is 3.40. The Morgan fingerprint density at radius 3 is 3.00 bits per heavy atom. The molecule has 0 radical (unpaired) electrons. The SMILES string of the molecule is COC[C@@H]1CCn2nccc2CN1C(=O)CC1CCOCC1. The van der Waals surface area contributed by atoms with Gasteiger partial charge in [0.2, 0.25) is 5.91 Å². The summed E-state index contributed by atoms with van der Waals surface area (Å²) < 4.78 is 12.7. The van der Waals surface area contributed by atoms with Crippen LogP contribution >= 0.6 is 0 Å². The number of carbonyl (C=O) groups excluding carboxylic acids is 1. The first-order valence-electron chi connectivity index (χ1n) is 8.14.